The number of imide groups is 1. The molecule has 1 aromatic heterocycles. The average Bonchev–Trinajstić information content (AvgIpc) is 4.10. The molecule has 16 nitrogen and oxygen atoms in total. The number of carbonyl (C=O) groups excluding carboxylic acids is 7. The Morgan fingerprint density at radius 1 is 0.868 bits per heavy atom. The number of ether oxygens (including phenoxy) is 2. The first-order chi connectivity index (χ1) is 32.4. The topological polar surface area (TPSA) is 188 Å². The van der Waals surface area contributed by atoms with Crippen LogP contribution in [0.2, 0.25) is 0 Å². The molecular weight excluding hydrogens is 887 g/mol. The van der Waals surface area contributed by atoms with Gasteiger partial charge in [-0.05, 0) is 55.4 Å². The zero-order valence-electron chi connectivity index (χ0n) is 42.1. The van der Waals surface area contributed by atoms with Crippen LogP contribution < -0.4 is 10.6 Å². The lowest BCUT2D eigenvalue weighted by Gasteiger charge is -2.41. The smallest absolute Gasteiger partial charge is 0.253 e. The standard InChI is InChI=1S/C51H77N7O9S/c1-12-34(6)46(56(9)51(65)44(32(2)3)54-49(64)45(33(4)5)55(8)40(59)23-17-14-18-27-58-41(60)24-25-42(58)61)39(66-10)31-43(62)57-28-19-22-38(57)47(67-11)35(7)48(63)53-37(50-52-26-29-68-50)30-36-20-15-13-16-21-36/h13,15-16,20-21,24-26,29,32-35,37-39,44-47H,12,14,17-19,22-23,27-28,30-31H2,1-11H3,(H,53,63)(H,54,64)/t34-,35+,37-,38-,39+,44-,45?,46-,47+/m0/s1. The molecule has 7 amide bonds. The quantitative estimate of drug-likeness (QED) is 0.0847. The normalized spacial score (nSPS) is 18.5. The van der Waals surface area contributed by atoms with E-state index in [9.17, 15) is 33.6 Å². The molecular formula is C51H77N7O9S. The average molecular weight is 964 g/mol. The summed E-state index contributed by atoms with van der Waals surface area (Å²) < 4.78 is 12.1. The fourth-order valence-electron chi connectivity index (χ4n) is 9.67. The molecule has 1 fully saturated rings. The highest BCUT2D eigenvalue weighted by molar-refractivity contribution is 7.09. The number of carbonyl (C=O) groups is 7. The van der Waals surface area contributed by atoms with E-state index in [2.05, 4.69) is 15.6 Å². The van der Waals surface area contributed by atoms with Gasteiger partial charge in [0.15, 0.2) is 0 Å². The molecule has 68 heavy (non-hydrogen) atoms. The molecule has 2 aromatic rings. The number of amides is 7. The van der Waals surface area contributed by atoms with Gasteiger partial charge in [0.2, 0.25) is 29.5 Å². The fourth-order valence-corrected chi connectivity index (χ4v) is 10.4. The van der Waals surface area contributed by atoms with Crippen LogP contribution >= 0.6 is 11.3 Å². The van der Waals surface area contributed by atoms with Gasteiger partial charge in [-0.1, -0.05) is 91.6 Å². The third-order valence-corrected chi connectivity index (χ3v) is 14.6. The molecule has 1 unspecified atom stereocenters. The second kappa shape index (κ2) is 26.7. The predicted molar refractivity (Wildman–Crippen MR) is 262 cm³/mol. The molecule has 376 valence electrons. The summed E-state index contributed by atoms with van der Waals surface area (Å²) >= 11 is 1.49. The van der Waals surface area contributed by atoms with Crippen LogP contribution in [0.1, 0.15) is 116 Å². The Labute approximate surface area is 407 Å². The van der Waals surface area contributed by atoms with Gasteiger partial charge in [0.1, 0.15) is 17.1 Å². The van der Waals surface area contributed by atoms with E-state index in [1.54, 1.807) is 44.3 Å². The van der Waals surface area contributed by atoms with Gasteiger partial charge in [0.05, 0.1) is 42.7 Å². The Balaban J connectivity index is 1.42. The minimum Gasteiger partial charge on any atom is -0.379 e. The van der Waals surface area contributed by atoms with Crippen molar-refractivity contribution in [1.29, 1.82) is 0 Å². The Kier molecular flexibility index (Phi) is 21.8. The Morgan fingerprint density at radius 2 is 1.54 bits per heavy atom. The van der Waals surface area contributed by atoms with Gasteiger partial charge < -0.3 is 34.8 Å². The zero-order valence-corrected chi connectivity index (χ0v) is 43.0. The number of nitrogens with zero attached hydrogens (tertiary/aromatic N) is 5. The predicted octanol–water partition coefficient (Wildman–Crippen LogP) is 5.57. The molecule has 2 aliphatic heterocycles. The van der Waals surface area contributed by atoms with Crippen LogP contribution in [0.25, 0.3) is 0 Å². The van der Waals surface area contributed by atoms with Gasteiger partial charge >= 0.3 is 0 Å². The van der Waals surface area contributed by atoms with Crippen molar-refractivity contribution >= 4 is 52.7 Å². The van der Waals surface area contributed by atoms with E-state index in [-0.39, 0.29) is 84.7 Å². The van der Waals surface area contributed by atoms with Gasteiger partial charge in [-0.25, -0.2) is 4.98 Å². The van der Waals surface area contributed by atoms with E-state index in [1.807, 2.05) is 84.2 Å². The summed E-state index contributed by atoms with van der Waals surface area (Å²) in [4.78, 5) is 105. The Bertz CT molecular complexity index is 2000. The lowest BCUT2D eigenvalue weighted by Crippen LogP contribution is -2.60. The molecule has 9 atom stereocenters. The highest BCUT2D eigenvalue weighted by atomic mass is 32.1. The van der Waals surface area contributed by atoms with Crippen molar-refractivity contribution in [3.8, 4) is 0 Å². The van der Waals surface area contributed by atoms with Gasteiger partial charge in [0.25, 0.3) is 11.8 Å². The summed E-state index contributed by atoms with van der Waals surface area (Å²) in [6.45, 7) is 14.1. The maximum Gasteiger partial charge on any atom is 0.253 e. The van der Waals surface area contributed by atoms with Crippen LogP contribution in [0.3, 0.4) is 0 Å². The van der Waals surface area contributed by atoms with Crippen LogP contribution in [-0.4, -0.2) is 144 Å². The Hall–Kier alpha value is -5.00. The number of benzene rings is 1. The van der Waals surface area contributed by atoms with E-state index in [0.717, 1.165) is 17.0 Å². The van der Waals surface area contributed by atoms with Gasteiger partial charge in [-0.2, -0.15) is 0 Å². The number of hydrogen-bond acceptors (Lipinski definition) is 11. The van der Waals surface area contributed by atoms with E-state index in [1.165, 1.54) is 33.3 Å². The first-order valence-electron chi connectivity index (χ1n) is 24.3. The van der Waals surface area contributed by atoms with Crippen LogP contribution in [0.4, 0.5) is 0 Å². The molecule has 2 aliphatic rings. The number of methoxy groups -OCH3 is 2. The molecule has 0 bridgehead atoms. The lowest BCUT2D eigenvalue weighted by atomic mass is 9.89. The molecule has 0 saturated carbocycles. The summed E-state index contributed by atoms with van der Waals surface area (Å²) in [5, 5.41) is 8.92. The molecule has 1 saturated heterocycles. The third kappa shape index (κ3) is 14.5. The highest BCUT2D eigenvalue weighted by Gasteiger charge is 2.44. The second-order valence-corrected chi connectivity index (χ2v) is 20.0. The SMILES string of the molecule is CC[C@H](C)[C@@H]([C@@H](CC(=O)N1CCC[C@H]1[C@H](OC)[C@@H](C)C(=O)N[C@@H](Cc1ccccc1)c1nccs1)OC)N(C)C(=O)[C@@H](NC(=O)C(C(C)C)N(C)C(=O)CCCCCN1C(=O)C=CC1=O)C(C)C. The number of likely N-dealkylation sites (tertiary alicyclic amines) is 1. The van der Waals surface area contributed by atoms with Crippen LogP contribution in [-0.2, 0) is 49.5 Å². The van der Waals surface area contributed by atoms with Crippen molar-refractivity contribution in [2.45, 2.75) is 149 Å². The molecule has 0 radical (unpaired) electrons. The van der Waals surface area contributed by atoms with Crippen molar-refractivity contribution in [2.75, 3.05) is 41.4 Å². The number of likely N-dealkylation sites (N-methyl/N-ethyl adjacent to an activating group) is 2. The minimum atomic E-state index is -0.941. The molecule has 0 aliphatic carbocycles. The first kappa shape index (κ1) is 55.6. The van der Waals surface area contributed by atoms with E-state index < -0.39 is 42.2 Å². The number of thiazole rings is 1. The second-order valence-electron chi connectivity index (χ2n) is 19.1. The van der Waals surface area contributed by atoms with Gasteiger partial charge in [-0.15, -0.1) is 11.3 Å². The molecule has 1 aromatic carbocycles. The lowest BCUT2D eigenvalue weighted by molar-refractivity contribution is -0.148. The summed E-state index contributed by atoms with van der Waals surface area (Å²) in [6, 6.07) is 6.91. The fraction of sp³-hybridized carbons (Fsp3) is 0.647. The first-order valence-corrected chi connectivity index (χ1v) is 25.2. The highest BCUT2D eigenvalue weighted by Crippen LogP contribution is 2.31. The van der Waals surface area contributed by atoms with Crippen molar-refractivity contribution in [1.82, 2.24) is 35.2 Å². The number of unbranched alkanes of at least 4 members (excludes halogenated alkanes) is 2. The molecule has 17 heteroatoms. The maximum atomic E-state index is 14.6. The molecule has 2 N–H and O–H groups in total. The van der Waals surface area contributed by atoms with Crippen molar-refractivity contribution < 1.29 is 43.0 Å². The maximum absolute atomic E-state index is 14.6. The molecule has 0 spiro atoms. The van der Waals surface area contributed by atoms with E-state index >= 15 is 0 Å². The van der Waals surface area contributed by atoms with Crippen molar-refractivity contribution in [3.05, 3.63) is 64.6 Å². The number of rotatable bonds is 27. The van der Waals surface area contributed by atoms with E-state index in [0.29, 0.717) is 45.1 Å². The zero-order chi connectivity index (χ0) is 50.2. The van der Waals surface area contributed by atoms with Crippen molar-refractivity contribution in [3.63, 3.8) is 0 Å². The number of nitrogens with one attached hydrogen (secondary N) is 2. The summed E-state index contributed by atoms with van der Waals surface area (Å²) in [7, 11) is 6.40. The van der Waals surface area contributed by atoms with Crippen molar-refractivity contribution in [2.24, 2.45) is 23.7 Å². The summed E-state index contributed by atoms with van der Waals surface area (Å²) in [5.41, 5.74) is 1.07. The largest absolute Gasteiger partial charge is 0.379 e. The summed E-state index contributed by atoms with van der Waals surface area (Å²) in [5.74, 6) is -3.32. The third-order valence-electron chi connectivity index (χ3n) is 13.7. The van der Waals surface area contributed by atoms with Crippen LogP contribution in [0.5, 0.6) is 0 Å². The summed E-state index contributed by atoms with van der Waals surface area (Å²) in [6.07, 6.45) is 7.44. The van der Waals surface area contributed by atoms with Gasteiger partial charge in [0, 0.05) is 71.6 Å². The number of hydrogen-bond donors (Lipinski definition) is 2. The van der Waals surface area contributed by atoms with Crippen LogP contribution in [0, 0.1) is 23.7 Å². The van der Waals surface area contributed by atoms with E-state index in [4.69, 9.17) is 9.47 Å². The molecule has 4 rings (SSSR count). The van der Waals surface area contributed by atoms with Gasteiger partial charge in [-0.3, -0.25) is 38.5 Å². The van der Waals surface area contributed by atoms with Crippen LogP contribution in [0.15, 0.2) is 54.1 Å². The number of aromatic nitrogens is 1. The monoisotopic (exact) mass is 964 g/mol. The Morgan fingerprint density at radius 3 is 2.12 bits per heavy atom. The molecule has 3 heterocycles. The minimum absolute atomic E-state index is 0.0212.